The van der Waals surface area contributed by atoms with Crippen LogP contribution in [-0.4, -0.2) is 38.3 Å². The summed E-state index contributed by atoms with van der Waals surface area (Å²) in [7, 11) is 1.69. The van der Waals surface area contributed by atoms with Gasteiger partial charge in [-0.05, 0) is 37.1 Å². The van der Waals surface area contributed by atoms with Crippen molar-refractivity contribution in [1.29, 1.82) is 0 Å². The van der Waals surface area contributed by atoms with Crippen molar-refractivity contribution in [2.75, 3.05) is 19.0 Å². The molecule has 0 fully saturated rings. The third-order valence-electron chi connectivity index (χ3n) is 5.04. The van der Waals surface area contributed by atoms with Crippen LogP contribution in [0.4, 0.5) is 11.6 Å². The molecule has 0 aliphatic carbocycles. The highest BCUT2D eigenvalue weighted by Gasteiger charge is 2.14. The first-order valence-corrected chi connectivity index (χ1v) is 9.75. The van der Waals surface area contributed by atoms with Gasteiger partial charge in [-0.15, -0.1) is 0 Å². The predicted octanol–water partition coefficient (Wildman–Crippen LogP) is 3.44. The quantitative estimate of drug-likeness (QED) is 0.257. The van der Waals surface area contributed by atoms with Crippen molar-refractivity contribution in [2.45, 2.75) is 12.8 Å². The van der Waals surface area contributed by atoms with Crippen molar-refractivity contribution in [3.8, 4) is 0 Å². The van der Waals surface area contributed by atoms with Gasteiger partial charge in [-0.3, -0.25) is 9.89 Å². The number of benzene rings is 2. The summed E-state index contributed by atoms with van der Waals surface area (Å²) >= 11 is 0. The number of hydrogen-bond donors (Lipinski definition) is 2. The summed E-state index contributed by atoms with van der Waals surface area (Å²) in [5.74, 6) is 1.60. The van der Waals surface area contributed by atoms with Crippen molar-refractivity contribution < 1.29 is 4.74 Å². The molecule has 2 aromatic carbocycles. The van der Waals surface area contributed by atoms with Crippen molar-refractivity contribution >= 4 is 39.2 Å². The molecule has 30 heavy (non-hydrogen) atoms. The molecule has 2 N–H and O–H groups in total. The first kappa shape index (κ1) is 18.3. The number of fused-ring (bicyclic) bond motifs is 4. The summed E-state index contributed by atoms with van der Waals surface area (Å²) in [6, 6.07) is 16.9. The van der Waals surface area contributed by atoms with Gasteiger partial charge in [0.05, 0.1) is 16.4 Å². The number of nitrogens with one attached hydrogen (secondary N) is 2. The second kappa shape index (κ2) is 7.57. The topological polar surface area (TPSA) is 97.2 Å². The molecule has 3 heterocycles. The fraction of sp³-hybridized carbons (Fsp3) is 0.182. The lowest BCUT2D eigenvalue weighted by Gasteiger charge is -2.11. The van der Waals surface area contributed by atoms with Crippen molar-refractivity contribution in [3.63, 3.8) is 0 Å². The van der Waals surface area contributed by atoms with E-state index in [9.17, 15) is 4.79 Å². The van der Waals surface area contributed by atoms with E-state index in [0.717, 1.165) is 29.4 Å². The first-order valence-electron chi connectivity index (χ1n) is 9.75. The molecule has 0 atom stereocenters. The number of ether oxygens (including phenoxy) is 1. The van der Waals surface area contributed by atoms with E-state index >= 15 is 0 Å². The zero-order chi connectivity index (χ0) is 20.5. The van der Waals surface area contributed by atoms with Crippen LogP contribution in [0.3, 0.4) is 0 Å². The SMILES string of the molecule is COCCCc1cc(Nc2nc3nc4ccccc4c(=O)n3c3ccccc23)n[nH]1. The fourth-order valence-electron chi connectivity index (χ4n) is 3.62. The molecule has 150 valence electrons. The number of hydrogen-bond acceptors (Lipinski definition) is 6. The molecule has 8 heteroatoms. The van der Waals surface area contributed by atoms with Gasteiger partial charge in [0.2, 0.25) is 5.78 Å². The normalized spacial score (nSPS) is 11.5. The number of nitrogens with zero attached hydrogens (tertiary/aromatic N) is 4. The lowest BCUT2D eigenvalue weighted by Crippen LogP contribution is -2.18. The lowest BCUT2D eigenvalue weighted by atomic mass is 10.2. The van der Waals surface area contributed by atoms with E-state index < -0.39 is 0 Å². The van der Waals surface area contributed by atoms with E-state index in [2.05, 4.69) is 25.5 Å². The molecular formula is C22H20N6O2. The number of H-pyrrole nitrogens is 1. The standard InChI is InChI=1S/C22H20N6O2/c1-30-12-6-7-14-13-19(27-26-14)24-20-16-9-3-5-11-18(16)28-21(29)15-8-2-4-10-17(15)23-22(28)25-20/h2-5,8-11,13H,6-7,12H2,1H3,(H2,23,24,25,26,27). The molecular weight excluding hydrogens is 380 g/mol. The van der Waals surface area contributed by atoms with Crippen LogP contribution in [0.2, 0.25) is 0 Å². The van der Waals surface area contributed by atoms with Crippen LogP contribution in [0.1, 0.15) is 12.1 Å². The highest BCUT2D eigenvalue weighted by atomic mass is 16.5. The number of aromatic nitrogens is 5. The van der Waals surface area contributed by atoms with Crippen LogP contribution in [-0.2, 0) is 11.2 Å². The number of rotatable bonds is 6. The minimum absolute atomic E-state index is 0.133. The van der Waals surface area contributed by atoms with Crippen molar-refractivity contribution in [3.05, 3.63) is 70.6 Å². The average Bonchev–Trinajstić information content (AvgIpc) is 3.21. The Hall–Kier alpha value is -3.78. The zero-order valence-electron chi connectivity index (χ0n) is 16.4. The summed E-state index contributed by atoms with van der Waals surface area (Å²) in [5.41, 5.74) is 2.24. The molecule has 0 aliphatic rings. The van der Waals surface area contributed by atoms with Gasteiger partial charge in [0.15, 0.2) is 5.82 Å². The summed E-state index contributed by atoms with van der Waals surface area (Å²) in [6.45, 7) is 0.701. The first-order chi connectivity index (χ1) is 14.7. The fourth-order valence-corrected chi connectivity index (χ4v) is 3.62. The van der Waals surface area contributed by atoms with Crippen molar-refractivity contribution in [2.24, 2.45) is 0 Å². The second-order valence-electron chi connectivity index (χ2n) is 7.05. The van der Waals surface area contributed by atoms with E-state index in [-0.39, 0.29) is 5.56 Å². The lowest BCUT2D eigenvalue weighted by molar-refractivity contribution is 0.195. The van der Waals surface area contributed by atoms with Gasteiger partial charge < -0.3 is 10.1 Å². The summed E-state index contributed by atoms with van der Waals surface area (Å²) < 4.78 is 6.66. The Morgan fingerprint density at radius 1 is 1.07 bits per heavy atom. The molecule has 0 spiro atoms. The van der Waals surface area contributed by atoms with Crippen LogP contribution < -0.4 is 10.9 Å². The maximum atomic E-state index is 13.1. The smallest absolute Gasteiger partial charge is 0.267 e. The molecule has 0 unspecified atom stereocenters. The van der Waals surface area contributed by atoms with Gasteiger partial charge in [0.1, 0.15) is 5.82 Å². The van der Waals surface area contributed by atoms with Crippen LogP contribution >= 0.6 is 0 Å². The minimum atomic E-state index is -0.133. The highest BCUT2D eigenvalue weighted by molar-refractivity contribution is 5.93. The Labute approximate surface area is 171 Å². The summed E-state index contributed by atoms with van der Waals surface area (Å²) in [4.78, 5) is 22.4. The van der Waals surface area contributed by atoms with E-state index in [1.54, 1.807) is 17.6 Å². The molecule has 0 saturated carbocycles. The minimum Gasteiger partial charge on any atom is -0.385 e. The predicted molar refractivity (Wildman–Crippen MR) is 116 cm³/mol. The zero-order valence-corrected chi connectivity index (χ0v) is 16.4. The van der Waals surface area contributed by atoms with Gasteiger partial charge in [-0.25, -0.2) is 9.38 Å². The van der Waals surface area contributed by atoms with Gasteiger partial charge in [0.25, 0.3) is 5.56 Å². The largest absolute Gasteiger partial charge is 0.385 e. The third-order valence-corrected chi connectivity index (χ3v) is 5.04. The van der Waals surface area contributed by atoms with Gasteiger partial charge >= 0.3 is 0 Å². The Balaban J connectivity index is 1.63. The average molecular weight is 400 g/mol. The molecule has 5 rings (SSSR count). The number of para-hydroxylation sites is 2. The molecule has 0 radical (unpaired) electrons. The van der Waals surface area contributed by atoms with Gasteiger partial charge in [0, 0.05) is 30.9 Å². The molecule has 0 bridgehead atoms. The maximum Gasteiger partial charge on any atom is 0.267 e. The Morgan fingerprint density at radius 2 is 1.87 bits per heavy atom. The monoisotopic (exact) mass is 400 g/mol. The Morgan fingerprint density at radius 3 is 2.73 bits per heavy atom. The van der Waals surface area contributed by atoms with Gasteiger partial charge in [-0.2, -0.15) is 10.1 Å². The Bertz CT molecular complexity index is 1420. The van der Waals surface area contributed by atoms with E-state index in [1.165, 1.54) is 0 Å². The van der Waals surface area contributed by atoms with Gasteiger partial charge in [-0.1, -0.05) is 24.3 Å². The van der Waals surface area contributed by atoms with E-state index in [4.69, 9.17) is 4.74 Å². The number of aromatic amines is 1. The van der Waals surface area contributed by atoms with Crippen LogP contribution in [0, 0.1) is 0 Å². The number of methoxy groups -OCH3 is 1. The summed E-state index contributed by atoms with van der Waals surface area (Å²) in [5, 5.41) is 12.0. The number of anilines is 2. The van der Waals surface area contributed by atoms with Crippen LogP contribution in [0.15, 0.2) is 59.4 Å². The third kappa shape index (κ3) is 3.17. The summed E-state index contributed by atoms with van der Waals surface area (Å²) in [6.07, 6.45) is 1.76. The molecule has 0 saturated heterocycles. The molecule has 0 aliphatic heterocycles. The maximum absolute atomic E-state index is 13.1. The van der Waals surface area contributed by atoms with E-state index in [1.807, 2.05) is 48.5 Å². The van der Waals surface area contributed by atoms with Crippen molar-refractivity contribution in [1.82, 2.24) is 24.6 Å². The Kier molecular flexibility index (Phi) is 4.61. The molecule has 3 aromatic heterocycles. The highest BCUT2D eigenvalue weighted by Crippen LogP contribution is 2.25. The second-order valence-corrected chi connectivity index (χ2v) is 7.05. The van der Waals surface area contributed by atoms with Crippen LogP contribution in [0.5, 0.6) is 0 Å². The molecule has 8 nitrogen and oxygen atoms in total. The van der Waals surface area contributed by atoms with Crippen LogP contribution in [0.25, 0.3) is 27.6 Å². The molecule has 5 aromatic rings. The van der Waals surface area contributed by atoms with E-state index in [0.29, 0.717) is 34.9 Å². The molecule has 0 amide bonds. The number of aryl methyl sites for hydroxylation is 1.